The summed E-state index contributed by atoms with van der Waals surface area (Å²) >= 11 is 0. The molecule has 0 bridgehead atoms. The molecule has 0 aliphatic heterocycles. The Balaban J connectivity index is 2.47. The Morgan fingerprint density at radius 2 is 1.78 bits per heavy atom. The molecular formula is C12H9F3N2O. The number of aromatic amines is 1. The van der Waals surface area contributed by atoms with Gasteiger partial charge in [0.25, 0.3) is 5.56 Å². The van der Waals surface area contributed by atoms with Crippen LogP contribution in [0.4, 0.5) is 13.2 Å². The molecule has 6 heteroatoms. The molecule has 0 aliphatic rings. The van der Waals surface area contributed by atoms with Crippen molar-refractivity contribution in [1.29, 1.82) is 0 Å². The number of rotatable bonds is 1. The Bertz CT molecular complexity index is 614. The minimum atomic E-state index is -4.38. The van der Waals surface area contributed by atoms with Gasteiger partial charge in [0.05, 0.1) is 16.8 Å². The molecule has 2 rings (SSSR count). The van der Waals surface area contributed by atoms with Gasteiger partial charge in [-0.25, -0.2) is 5.10 Å². The van der Waals surface area contributed by atoms with E-state index in [1.807, 2.05) is 0 Å². The van der Waals surface area contributed by atoms with Gasteiger partial charge in [0, 0.05) is 0 Å². The van der Waals surface area contributed by atoms with E-state index >= 15 is 0 Å². The number of nitrogens with one attached hydrogen (secondary N) is 1. The van der Waals surface area contributed by atoms with Crippen molar-refractivity contribution < 1.29 is 13.2 Å². The number of nitrogens with zero attached hydrogens (tertiary/aromatic N) is 1. The summed E-state index contributed by atoms with van der Waals surface area (Å²) in [6.45, 7) is 1.68. The highest BCUT2D eigenvalue weighted by Crippen LogP contribution is 2.30. The molecule has 0 fully saturated rings. The average molecular weight is 254 g/mol. The van der Waals surface area contributed by atoms with Crippen LogP contribution >= 0.6 is 0 Å². The Labute approximate surface area is 100 Å². The monoisotopic (exact) mass is 254 g/mol. The van der Waals surface area contributed by atoms with Gasteiger partial charge < -0.3 is 0 Å². The zero-order chi connectivity index (χ0) is 13.3. The van der Waals surface area contributed by atoms with E-state index in [0.29, 0.717) is 16.8 Å². The molecule has 18 heavy (non-hydrogen) atoms. The summed E-state index contributed by atoms with van der Waals surface area (Å²) < 4.78 is 37.2. The second kappa shape index (κ2) is 4.29. The number of aryl methyl sites for hydroxylation is 1. The number of H-pyrrole nitrogens is 1. The van der Waals surface area contributed by atoms with Crippen molar-refractivity contribution in [2.24, 2.45) is 0 Å². The molecule has 0 saturated carbocycles. The van der Waals surface area contributed by atoms with Crippen molar-refractivity contribution in [3.8, 4) is 11.1 Å². The van der Waals surface area contributed by atoms with Gasteiger partial charge >= 0.3 is 6.18 Å². The van der Waals surface area contributed by atoms with Crippen LogP contribution in [0, 0.1) is 6.92 Å². The first-order valence-electron chi connectivity index (χ1n) is 5.12. The average Bonchev–Trinajstić information content (AvgIpc) is 2.31. The van der Waals surface area contributed by atoms with E-state index < -0.39 is 17.3 Å². The summed E-state index contributed by atoms with van der Waals surface area (Å²) in [4.78, 5) is 11.5. The third kappa shape index (κ3) is 2.42. The van der Waals surface area contributed by atoms with Crippen LogP contribution < -0.4 is 5.56 Å². The minimum absolute atomic E-state index is 0.302. The number of benzene rings is 1. The van der Waals surface area contributed by atoms with Gasteiger partial charge in [-0.1, -0.05) is 12.1 Å². The lowest BCUT2D eigenvalue weighted by molar-refractivity contribution is -0.137. The third-order valence-electron chi connectivity index (χ3n) is 2.45. The van der Waals surface area contributed by atoms with E-state index in [2.05, 4.69) is 10.2 Å². The van der Waals surface area contributed by atoms with Gasteiger partial charge in [0.1, 0.15) is 0 Å². The number of hydrogen-bond donors (Lipinski definition) is 1. The Morgan fingerprint density at radius 1 is 1.17 bits per heavy atom. The quantitative estimate of drug-likeness (QED) is 0.850. The molecule has 1 aromatic heterocycles. The second-order valence-electron chi connectivity index (χ2n) is 3.83. The predicted molar refractivity (Wildman–Crippen MR) is 60.0 cm³/mol. The van der Waals surface area contributed by atoms with Crippen LogP contribution in [0.2, 0.25) is 0 Å². The lowest BCUT2D eigenvalue weighted by Crippen LogP contribution is -2.11. The van der Waals surface area contributed by atoms with E-state index in [1.165, 1.54) is 18.2 Å². The summed E-state index contributed by atoms with van der Waals surface area (Å²) in [5.41, 5.74) is 0.143. The van der Waals surface area contributed by atoms with E-state index in [0.717, 1.165) is 12.1 Å². The number of halogens is 3. The van der Waals surface area contributed by atoms with Crippen molar-refractivity contribution in [2.75, 3.05) is 0 Å². The first-order chi connectivity index (χ1) is 8.38. The molecule has 1 aromatic carbocycles. The maximum absolute atomic E-state index is 12.4. The molecule has 0 amide bonds. The summed E-state index contributed by atoms with van der Waals surface area (Å²) in [5.74, 6) is 0. The van der Waals surface area contributed by atoms with E-state index in [4.69, 9.17) is 0 Å². The van der Waals surface area contributed by atoms with Crippen LogP contribution in [-0.4, -0.2) is 10.2 Å². The summed E-state index contributed by atoms with van der Waals surface area (Å²) in [5, 5.41) is 5.99. The van der Waals surface area contributed by atoms with Crippen LogP contribution in [-0.2, 0) is 6.18 Å². The normalized spacial score (nSPS) is 11.6. The van der Waals surface area contributed by atoms with Crippen LogP contribution in [0.1, 0.15) is 11.3 Å². The zero-order valence-electron chi connectivity index (χ0n) is 9.38. The molecular weight excluding hydrogens is 245 g/mol. The van der Waals surface area contributed by atoms with Crippen LogP contribution in [0.15, 0.2) is 35.1 Å². The van der Waals surface area contributed by atoms with Gasteiger partial charge in [-0.3, -0.25) is 4.79 Å². The van der Waals surface area contributed by atoms with Crippen LogP contribution in [0.5, 0.6) is 0 Å². The fourth-order valence-corrected chi connectivity index (χ4v) is 1.56. The topological polar surface area (TPSA) is 45.8 Å². The summed E-state index contributed by atoms with van der Waals surface area (Å²) in [7, 11) is 0. The largest absolute Gasteiger partial charge is 0.416 e. The maximum atomic E-state index is 12.4. The zero-order valence-corrected chi connectivity index (χ0v) is 9.38. The highest BCUT2D eigenvalue weighted by atomic mass is 19.4. The lowest BCUT2D eigenvalue weighted by Gasteiger charge is -2.07. The Morgan fingerprint density at radius 3 is 2.33 bits per heavy atom. The van der Waals surface area contributed by atoms with Crippen LogP contribution in [0.25, 0.3) is 11.1 Å². The molecule has 94 valence electrons. The molecule has 0 spiro atoms. The van der Waals surface area contributed by atoms with Crippen molar-refractivity contribution in [3.63, 3.8) is 0 Å². The predicted octanol–water partition coefficient (Wildman–Crippen LogP) is 2.76. The van der Waals surface area contributed by atoms with E-state index in [9.17, 15) is 18.0 Å². The van der Waals surface area contributed by atoms with Crippen LogP contribution in [0.3, 0.4) is 0 Å². The molecule has 3 nitrogen and oxygen atoms in total. The van der Waals surface area contributed by atoms with Crippen molar-refractivity contribution in [3.05, 3.63) is 51.9 Å². The van der Waals surface area contributed by atoms with Gasteiger partial charge in [0.15, 0.2) is 0 Å². The Kier molecular flexibility index (Phi) is 2.94. The molecule has 0 aliphatic carbocycles. The maximum Gasteiger partial charge on any atom is 0.416 e. The van der Waals surface area contributed by atoms with Crippen molar-refractivity contribution >= 4 is 0 Å². The molecule has 0 unspecified atom stereocenters. The summed E-state index contributed by atoms with van der Waals surface area (Å²) in [6.07, 6.45) is -4.38. The molecule has 1 N–H and O–H groups in total. The first kappa shape index (κ1) is 12.3. The molecule has 0 atom stereocenters. The molecule has 1 heterocycles. The number of alkyl halides is 3. The minimum Gasteiger partial charge on any atom is -0.267 e. The SMILES string of the molecule is Cc1cc(-c2ccc(C(F)(F)F)cc2)c(=O)[nH]n1. The van der Waals surface area contributed by atoms with E-state index in [-0.39, 0.29) is 0 Å². The fourth-order valence-electron chi connectivity index (χ4n) is 1.56. The molecule has 0 radical (unpaired) electrons. The second-order valence-corrected chi connectivity index (χ2v) is 3.83. The van der Waals surface area contributed by atoms with Crippen molar-refractivity contribution in [1.82, 2.24) is 10.2 Å². The standard InChI is InChI=1S/C12H9F3N2O/c1-7-6-10(11(18)17-16-7)8-2-4-9(5-3-8)12(13,14)15/h2-6H,1H3,(H,17,18). The number of aromatic nitrogens is 2. The van der Waals surface area contributed by atoms with Gasteiger partial charge in [0.2, 0.25) is 0 Å². The van der Waals surface area contributed by atoms with E-state index in [1.54, 1.807) is 6.92 Å². The van der Waals surface area contributed by atoms with Crippen molar-refractivity contribution in [2.45, 2.75) is 13.1 Å². The highest BCUT2D eigenvalue weighted by molar-refractivity contribution is 5.62. The fraction of sp³-hybridized carbons (Fsp3) is 0.167. The molecule has 0 saturated heterocycles. The lowest BCUT2D eigenvalue weighted by atomic mass is 10.1. The Hall–Kier alpha value is -2.11. The van der Waals surface area contributed by atoms with Gasteiger partial charge in [-0.15, -0.1) is 0 Å². The highest BCUT2D eigenvalue weighted by Gasteiger charge is 2.30. The molecule has 2 aromatic rings. The van der Waals surface area contributed by atoms with Gasteiger partial charge in [-0.05, 0) is 30.7 Å². The summed E-state index contributed by atoms with van der Waals surface area (Å²) in [6, 6.07) is 5.97. The van der Waals surface area contributed by atoms with Gasteiger partial charge in [-0.2, -0.15) is 18.3 Å². The first-order valence-corrected chi connectivity index (χ1v) is 5.12. The smallest absolute Gasteiger partial charge is 0.267 e. The number of hydrogen-bond acceptors (Lipinski definition) is 2. The third-order valence-corrected chi connectivity index (χ3v) is 2.45.